The van der Waals surface area contributed by atoms with Gasteiger partial charge in [-0.25, -0.2) is 23.4 Å². The van der Waals surface area contributed by atoms with E-state index in [1.807, 2.05) is 6.92 Å². The average molecular weight is 864 g/mol. The first-order valence-corrected chi connectivity index (χ1v) is 20.8. The standard InChI is InChI=1S/C42H51F2N9O9/c1-21-11-34-41(60)62-23(3)35(40(59)53-19-28(54)17-33(53)39(58)51-10-6-5-7-31(51)37(56)46-22(2)38(57)52(34)18-21)49-36(55)30(14-24-12-25(43)15-26(44)13-24)48-42(61)47-27-8-9-29-32(16-27)50(4)20-45-29/h8-9,12-13,15-16,20-23,28,30-31,33-35,54H,5-7,10-11,14,17-19H2,1-4H3,(H,46,56)(H,49,55)(H2,47,48,61)/t21-,22+,23+,28-,30+,31+,33+,34+,35+/m1/s1. The molecule has 18 nitrogen and oxygen atoms in total. The number of rotatable bonds is 6. The van der Waals surface area contributed by atoms with Crippen LogP contribution >= 0.6 is 0 Å². The van der Waals surface area contributed by atoms with Crippen LogP contribution in [0.4, 0.5) is 19.3 Å². The number of hydrogen-bond acceptors (Lipinski definition) is 10. The number of nitrogens with one attached hydrogen (secondary N) is 4. The quantitative estimate of drug-likeness (QED) is 0.222. The lowest BCUT2D eigenvalue weighted by atomic mass is 9.98. The molecular weight excluding hydrogens is 813 g/mol. The molecule has 5 N–H and O–H groups in total. The zero-order valence-corrected chi connectivity index (χ0v) is 34.8. The second kappa shape index (κ2) is 18.0. The Hall–Kier alpha value is -6.18. The molecule has 7 amide bonds. The molecule has 4 aliphatic heterocycles. The van der Waals surface area contributed by atoms with Gasteiger partial charge in [-0.3, -0.25) is 24.0 Å². The van der Waals surface area contributed by atoms with E-state index in [-0.39, 0.29) is 50.4 Å². The van der Waals surface area contributed by atoms with Gasteiger partial charge in [0.25, 0.3) is 0 Å². The summed E-state index contributed by atoms with van der Waals surface area (Å²) in [7, 11) is 1.76. The van der Waals surface area contributed by atoms with E-state index in [0.717, 1.165) is 17.0 Å². The molecule has 0 unspecified atom stereocenters. The van der Waals surface area contributed by atoms with Gasteiger partial charge in [0.15, 0.2) is 0 Å². The normalized spacial score (nSPS) is 27.9. The lowest BCUT2D eigenvalue weighted by Crippen LogP contribution is -2.63. The predicted octanol–water partition coefficient (Wildman–Crippen LogP) is 1.10. The average Bonchev–Trinajstić information content (AvgIpc) is 3.93. The van der Waals surface area contributed by atoms with Crippen LogP contribution in [0.1, 0.15) is 58.4 Å². The number of aryl methyl sites for hydroxylation is 1. The van der Waals surface area contributed by atoms with Gasteiger partial charge >= 0.3 is 12.0 Å². The lowest BCUT2D eigenvalue weighted by molar-refractivity contribution is -0.163. The Bertz CT molecular complexity index is 2250. The Kier molecular flexibility index (Phi) is 12.8. The van der Waals surface area contributed by atoms with Crippen molar-refractivity contribution in [1.29, 1.82) is 0 Å². The second-order valence-electron chi connectivity index (χ2n) is 16.8. The fraction of sp³-hybridized carbons (Fsp3) is 0.524. The number of aliphatic hydroxyl groups excluding tert-OH is 1. The number of aliphatic hydroxyl groups is 1. The number of anilines is 1. The van der Waals surface area contributed by atoms with Gasteiger partial charge in [-0.15, -0.1) is 0 Å². The number of aromatic nitrogens is 2. The van der Waals surface area contributed by atoms with Gasteiger partial charge < -0.3 is 50.4 Å². The molecule has 9 atom stereocenters. The smallest absolute Gasteiger partial charge is 0.329 e. The highest BCUT2D eigenvalue weighted by molar-refractivity contribution is 5.99. The fourth-order valence-electron chi connectivity index (χ4n) is 8.93. The zero-order valence-electron chi connectivity index (χ0n) is 34.8. The van der Waals surface area contributed by atoms with Crippen molar-refractivity contribution in [2.45, 2.75) is 108 Å². The Labute approximate surface area is 355 Å². The zero-order chi connectivity index (χ0) is 44.6. The molecule has 0 spiro atoms. The molecule has 4 saturated heterocycles. The molecular formula is C42H51F2N9O9. The maximum absolute atomic E-state index is 14.8. The number of carbonyl (C=O) groups is 7. The lowest BCUT2D eigenvalue weighted by Gasteiger charge is -2.39. The summed E-state index contributed by atoms with van der Waals surface area (Å²) in [6, 6.07) is -1.22. The molecule has 7 rings (SSSR count). The van der Waals surface area contributed by atoms with Gasteiger partial charge in [0.2, 0.25) is 29.5 Å². The number of urea groups is 1. The number of hydrogen-bond donors (Lipinski definition) is 5. The number of halogens is 2. The molecule has 0 saturated carbocycles. The summed E-state index contributed by atoms with van der Waals surface area (Å²) < 4.78 is 36.5. The second-order valence-corrected chi connectivity index (χ2v) is 16.8. The first kappa shape index (κ1) is 43.9. The Balaban J connectivity index is 1.22. The molecule has 4 aliphatic rings. The number of esters is 1. The number of imidazole rings is 1. The van der Waals surface area contributed by atoms with Crippen LogP contribution in [-0.4, -0.2) is 139 Å². The van der Waals surface area contributed by atoms with Crippen LogP contribution in [0.2, 0.25) is 0 Å². The summed E-state index contributed by atoms with van der Waals surface area (Å²) >= 11 is 0. The number of cyclic esters (lactones) is 1. The first-order chi connectivity index (χ1) is 29.5. The van der Waals surface area contributed by atoms with Crippen LogP contribution in [0.3, 0.4) is 0 Å². The molecule has 4 fully saturated rings. The van der Waals surface area contributed by atoms with E-state index in [0.29, 0.717) is 35.6 Å². The molecule has 2 aromatic carbocycles. The van der Waals surface area contributed by atoms with E-state index in [1.54, 1.807) is 36.1 Å². The van der Waals surface area contributed by atoms with Crippen molar-refractivity contribution >= 4 is 58.3 Å². The Morgan fingerprint density at radius 2 is 1.63 bits per heavy atom. The van der Waals surface area contributed by atoms with Gasteiger partial charge in [0.1, 0.15) is 54.0 Å². The SMILES string of the molecule is C[C@@H]1C[C@H]2C(=O)O[C@@H](C)[C@H](NC(=O)[C@H](Cc3cc(F)cc(F)c3)NC(=O)Nc3ccc4ncn(C)c4c3)C(=O)N3C[C@H](O)C[C@H]3C(=O)N3CCCC[C@H]3C(=O)N[C@@H](C)C(=O)N2C1. The van der Waals surface area contributed by atoms with Crippen LogP contribution in [0, 0.1) is 17.6 Å². The van der Waals surface area contributed by atoms with E-state index in [2.05, 4.69) is 26.3 Å². The molecule has 5 heterocycles. The van der Waals surface area contributed by atoms with Crippen molar-refractivity contribution in [3.63, 3.8) is 0 Å². The van der Waals surface area contributed by atoms with E-state index in [9.17, 15) is 47.4 Å². The van der Waals surface area contributed by atoms with Gasteiger partial charge in [0.05, 0.1) is 23.5 Å². The highest BCUT2D eigenvalue weighted by Gasteiger charge is 2.49. The number of carbonyl (C=O) groups excluding carboxylic acids is 7. The number of benzene rings is 2. The summed E-state index contributed by atoms with van der Waals surface area (Å²) in [4.78, 5) is 107. The highest BCUT2D eigenvalue weighted by Crippen LogP contribution is 2.29. The number of piperidine rings is 1. The highest BCUT2D eigenvalue weighted by atomic mass is 19.1. The molecule has 0 aliphatic carbocycles. The number of ether oxygens (including phenoxy) is 1. The van der Waals surface area contributed by atoms with Crippen LogP contribution in [0.25, 0.3) is 11.0 Å². The molecule has 0 bridgehead atoms. The van der Waals surface area contributed by atoms with Gasteiger partial charge in [-0.1, -0.05) is 6.92 Å². The minimum Gasteiger partial charge on any atom is -0.458 e. The van der Waals surface area contributed by atoms with Gasteiger partial charge in [-0.05, 0) is 81.3 Å². The third kappa shape index (κ3) is 9.34. The van der Waals surface area contributed by atoms with Crippen LogP contribution in [0.15, 0.2) is 42.7 Å². The van der Waals surface area contributed by atoms with Crippen LogP contribution in [0.5, 0.6) is 0 Å². The van der Waals surface area contributed by atoms with Crippen molar-refractivity contribution in [1.82, 2.24) is 40.2 Å². The molecule has 332 valence electrons. The molecule has 62 heavy (non-hydrogen) atoms. The number of amides is 7. The minimum atomic E-state index is -1.76. The summed E-state index contributed by atoms with van der Waals surface area (Å²) in [6.07, 6.45) is -0.0856. The number of nitrogens with zero attached hydrogens (tertiary/aromatic N) is 5. The Morgan fingerprint density at radius 3 is 2.37 bits per heavy atom. The van der Waals surface area contributed by atoms with Crippen LogP contribution < -0.4 is 21.3 Å². The first-order valence-electron chi connectivity index (χ1n) is 20.8. The van der Waals surface area contributed by atoms with Gasteiger partial charge in [0, 0.05) is 51.3 Å². The van der Waals surface area contributed by atoms with Crippen molar-refractivity contribution in [3.8, 4) is 0 Å². The van der Waals surface area contributed by atoms with Crippen molar-refractivity contribution < 1.29 is 52.2 Å². The predicted molar refractivity (Wildman–Crippen MR) is 217 cm³/mol. The number of fused-ring (bicyclic) bond motifs is 4. The topological polar surface area (TPSA) is 225 Å². The maximum atomic E-state index is 14.8. The van der Waals surface area contributed by atoms with Crippen molar-refractivity contribution in [2.75, 3.05) is 25.0 Å². The van der Waals surface area contributed by atoms with Gasteiger partial charge in [-0.2, -0.15) is 0 Å². The third-order valence-corrected chi connectivity index (χ3v) is 12.0. The molecule has 1 aromatic heterocycles. The van der Waals surface area contributed by atoms with E-state index >= 15 is 0 Å². The summed E-state index contributed by atoms with van der Waals surface area (Å²) in [5.41, 5.74) is 1.64. The minimum absolute atomic E-state index is 0.0224. The maximum Gasteiger partial charge on any atom is 0.329 e. The van der Waals surface area contributed by atoms with Crippen molar-refractivity contribution in [3.05, 3.63) is 59.9 Å². The summed E-state index contributed by atoms with van der Waals surface area (Å²) in [5, 5.41) is 21.4. The van der Waals surface area contributed by atoms with Crippen molar-refractivity contribution in [2.24, 2.45) is 13.0 Å². The Morgan fingerprint density at radius 1 is 0.903 bits per heavy atom. The monoisotopic (exact) mass is 863 g/mol. The van der Waals surface area contributed by atoms with E-state index in [4.69, 9.17) is 4.74 Å². The fourth-order valence-corrected chi connectivity index (χ4v) is 8.93. The molecule has 20 heteroatoms. The molecule has 3 aromatic rings. The van der Waals surface area contributed by atoms with E-state index in [1.165, 1.54) is 23.6 Å². The van der Waals surface area contributed by atoms with E-state index < -0.39 is 108 Å². The van der Waals surface area contributed by atoms with Crippen LogP contribution in [-0.2, 0) is 47.0 Å². The largest absolute Gasteiger partial charge is 0.458 e. The molecule has 0 radical (unpaired) electrons. The summed E-state index contributed by atoms with van der Waals surface area (Å²) in [6.45, 7) is 4.66. The summed E-state index contributed by atoms with van der Waals surface area (Å²) in [5.74, 6) is -6.64. The third-order valence-electron chi connectivity index (χ3n) is 12.0.